The molecule has 12 aromatic carbocycles. The van der Waals surface area contributed by atoms with Gasteiger partial charge in [0.15, 0.2) is 0 Å². The van der Waals surface area contributed by atoms with E-state index < -0.39 is 22.3 Å². The fraction of sp³-hybridized carbons (Fsp3) is 0.0400. The monoisotopic (exact) mass is 1050 g/mol. The van der Waals surface area contributed by atoms with Crippen molar-refractivity contribution in [2.75, 3.05) is 14.7 Å². The maximum absolute atomic E-state index is 8.29. The Kier molecular flexibility index (Phi) is 8.89. The topological polar surface area (TPSA) is 9.72 Å². The third-order valence-electron chi connectivity index (χ3n) is 18.8. The van der Waals surface area contributed by atoms with Crippen LogP contribution in [0.2, 0.25) is 0 Å². The molecule has 0 amide bonds. The molecule has 0 bridgehead atoms. The molecular weight excluding hydrogens is 1010 g/mol. The predicted molar refractivity (Wildman–Crippen MR) is 333 cm³/mol. The highest BCUT2D eigenvalue weighted by Crippen LogP contribution is 2.75. The fourth-order valence-electron chi connectivity index (χ4n) is 16.1. The molecule has 6 aliphatic heterocycles. The van der Waals surface area contributed by atoms with Crippen molar-refractivity contribution in [1.82, 2.24) is 0 Å². The van der Waals surface area contributed by atoms with Crippen LogP contribution in [0.3, 0.4) is 0 Å². The molecule has 0 spiro atoms. The van der Waals surface area contributed by atoms with E-state index in [0.717, 1.165) is 34.1 Å². The lowest BCUT2D eigenvalue weighted by Crippen LogP contribution is -2.54. The van der Waals surface area contributed by atoms with Crippen molar-refractivity contribution in [3.63, 3.8) is 0 Å². The molecule has 0 radical (unpaired) electrons. The van der Waals surface area contributed by atoms with Gasteiger partial charge in [-0.2, -0.15) is 0 Å². The molecule has 3 nitrogen and oxygen atoms in total. The van der Waals surface area contributed by atoms with Crippen LogP contribution in [-0.2, 0) is 28.1 Å². The summed E-state index contributed by atoms with van der Waals surface area (Å²) < 4.78 is 0. The summed E-state index contributed by atoms with van der Waals surface area (Å²) in [6, 6.07) is 107. The first-order valence-corrected chi connectivity index (χ1v) is 30.6. The van der Waals surface area contributed by atoms with Gasteiger partial charge in [0.25, 0.3) is 0 Å². The summed E-state index contributed by atoms with van der Waals surface area (Å²) in [6.45, 7) is 0. The number of fused-ring (bicyclic) bond motifs is 9. The average molecular weight is 1050 g/mol. The number of nitrogens with zero attached hydrogens (tertiary/aromatic N) is 3. The van der Waals surface area contributed by atoms with Crippen molar-refractivity contribution in [3.8, 4) is 0 Å². The molecule has 0 saturated heterocycles. The van der Waals surface area contributed by atoms with Gasteiger partial charge in [0.2, 0.25) is 0 Å². The number of anilines is 9. The summed E-state index contributed by atoms with van der Waals surface area (Å²) in [7, 11) is 0. The minimum absolute atomic E-state index is 0.697. The second kappa shape index (κ2) is 15.9. The SMILES string of the molecule is S=P12c3c4ccc5c3N(c3ccccc3C5(c3ccccc3)c3ccccc3)c3ccc5c(c31)N(c1ccccc1C5(c1ccccc1)c1ccccc1)c1ccc3c(c12)N4c1ccccc1C3(c1ccccc1)c1ccccc1. The molecular formula is C75H48N3PS. The van der Waals surface area contributed by atoms with E-state index in [-0.39, 0.29) is 0 Å². The van der Waals surface area contributed by atoms with Crippen molar-refractivity contribution in [2.45, 2.75) is 16.2 Å². The Morgan fingerprint density at radius 2 is 0.425 bits per heavy atom. The fourth-order valence-corrected chi connectivity index (χ4v) is 21.4. The van der Waals surface area contributed by atoms with Crippen molar-refractivity contribution >= 4 is 84.9 Å². The van der Waals surface area contributed by atoms with Gasteiger partial charge in [-0.05, 0) is 103 Å². The van der Waals surface area contributed by atoms with E-state index in [0.29, 0.717) is 0 Å². The molecule has 0 N–H and O–H groups in total. The van der Waals surface area contributed by atoms with Crippen LogP contribution in [-0.4, -0.2) is 0 Å². The van der Waals surface area contributed by atoms with Gasteiger partial charge < -0.3 is 14.7 Å². The molecule has 0 saturated carbocycles. The lowest BCUT2D eigenvalue weighted by atomic mass is 9.61. The van der Waals surface area contributed by atoms with Crippen molar-refractivity contribution < 1.29 is 0 Å². The van der Waals surface area contributed by atoms with Crippen molar-refractivity contribution in [2.24, 2.45) is 0 Å². The number of hydrogen-bond donors (Lipinski definition) is 0. The van der Waals surface area contributed by atoms with Crippen LogP contribution in [0.25, 0.3) is 0 Å². The number of benzene rings is 12. The van der Waals surface area contributed by atoms with Crippen LogP contribution < -0.4 is 30.6 Å². The van der Waals surface area contributed by atoms with Crippen LogP contribution >= 0.6 is 6.04 Å². The van der Waals surface area contributed by atoms with Gasteiger partial charge in [0.1, 0.15) is 0 Å². The lowest BCUT2D eigenvalue weighted by molar-refractivity contribution is 0.725. The van der Waals surface area contributed by atoms with Gasteiger partial charge in [0.05, 0.1) is 73.5 Å². The molecule has 12 aromatic rings. The Bertz CT molecular complexity index is 4050. The van der Waals surface area contributed by atoms with E-state index in [1.165, 1.54) is 99.7 Å². The lowest BCUT2D eigenvalue weighted by Gasteiger charge is -2.59. The van der Waals surface area contributed by atoms with E-state index in [1.54, 1.807) is 0 Å². The summed E-state index contributed by atoms with van der Waals surface area (Å²) in [6.07, 6.45) is 0. The molecule has 18 rings (SSSR count). The maximum Gasteiger partial charge on any atom is 0.0742 e. The van der Waals surface area contributed by atoms with Crippen LogP contribution in [0, 0.1) is 0 Å². The van der Waals surface area contributed by atoms with Crippen LogP contribution in [0.1, 0.15) is 66.8 Å². The van der Waals surface area contributed by atoms with E-state index in [9.17, 15) is 0 Å². The Morgan fingerprint density at radius 1 is 0.212 bits per heavy atom. The summed E-state index contributed by atoms with van der Waals surface area (Å²) in [5.41, 5.74) is 23.3. The number of rotatable bonds is 6. The molecule has 80 heavy (non-hydrogen) atoms. The molecule has 0 unspecified atom stereocenters. The predicted octanol–water partition coefficient (Wildman–Crippen LogP) is 16.9. The second-order valence-electron chi connectivity index (χ2n) is 22.1. The van der Waals surface area contributed by atoms with E-state index in [1.807, 2.05) is 0 Å². The Labute approximate surface area is 471 Å². The smallest absolute Gasteiger partial charge is 0.0742 e. The quantitative estimate of drug-likeness (QED) is 0.153. The number of para-hydroxylation sites is 3. The third-order valence-corrected chi connectivity index (χ3v) is 23.7. The van der Waals surface area contributed by atoms with Crippen molar-refractivity contribution in [3.05, 3.63) is 358 Å². The highest BCUT2D eigenvalue weighted by molar-refractivity contribution is 8.26. The zero-order valence-electron chi connectivity index (χ0n) is 43.4. The first-order valence-electron chi connectivity index (χ1n) is 27.8. The summed E-state index contributed by atoms with van der Waals surface area (Å²) in [5.74, 6) is 0. The Balaban J connectivity index is 1.08. The first-order chi connectivity index (χ1) is 39.6. The summed E-state index contributed by atoms with van der Waals surface area (Å²) in [4.78, 5) is 7.98. The largest absolute Gasteiger partial charge is 0.308 e. The molecule has 0 aliphatic carbocycles. The summed E-state index contributed by atoms with van der Waals surface area (Å²) in [5, 5.41) is 3.77. The highest BCUT2D eigenvalue weighted by atomic mass is 32.4. The zero-order chi connectivity index (χ0) is 52.5. The minimum Gasteiger partial charge on any atom is -0.308 e. The van der Waals surface area contributed by atoms with Gasteiger partial charge in [-0.15, -0.1) is 0 Å². The molecule has 6 aliphatic rings. The third kappa shape index (κ3) is 5.09. The molecule has 0 atom stereocenters. The normalized spacial score (nSPS) is 16.4. The van der Waals surface area contributed by atoms with Crippen molar-refractivity contribution in [1.29, 1.82) is 0 Å². The maximum atomic E-state index is 8.29. The molecule has 374 valence electrons. The molecule has 0 aromatic heterocycles. The molecule has 0 fully saturated rings. The highest BCUT2D eigenvalue weighted by Gasteiger charge is 2.62. The van der Waals surface area contributed by atoms with Crippen LogP contribution in [0.15, 0.2) is 291 Å². The number of hydrogen-bond acceptors (Lipinski definition) is 4. The Morgan fingerprint density at radius 3 is 0.662 bits per heavy atom. The zero-order valence-corrected chi connectivity index (χ0v) is 45.1. The average Bonchev–Trinajstić information content (AvgIpc) is 1.60. The standard InChI is InChI=1S/C75H48N3PS/c80-79-70-64-46-43-58-67(70)76(61-40-22-19-37-55(61)73(58,49-25-7-1-8-26-49)50-27-9-2-10-28-50)65-47-44-59-68(71(65)79)78(63-42-24-21-39-57(63)75(59,53-33-15-5-16-34-53)54-35-17-6-18-36-54)66-48-45-60-69(72(66)79)77(64)62-41-23-20-38-56(62)74(60,51-29-11-3-12-30-51)52-31-13-4-14-32-52/h1-48H. The van der Waals surface area contributed by atoms with Gasteiger partial charge in [-0.1, -0.05) is 267 Å². The van der Waals surface area contributed by atoms with E-state index in [4.69, 9.17) is 11.8 Å². The molecule has 6 heterocycles. The van der Waals surface area contributed by atoms with Gasteiger partial charge in [-0.25, -0.2) is 0 Å². The van der Waals surface area contributed by atoms with E-state index in [2.05, 4.69) is 306 Å². The minimum atomic E-state index is -3.16. The summed E-state index contributed by atoms with van der Waals surface area (Å²) >= 11 is 8.29. The first kappa shape index (κ1) is 44.6. The Hall–Kier alpha value is -9.31. The van der Waals surface area contributed by atoms with Crippen LogP contribution in [0.5, 0.6) is 0 Å². The van der Waals surface area contributed by atoms with Gasteiger partial charge in [-0.3, -0.25) is 0 Å². The molecule has 5 heteroatoms. The second-order valence-corrected chi connectivity index (χ2v) is 26.3. The van der Waals surface area contributed by atoms with Gasteiger partial charge in [0, 0.05) is 15.9 Å². The van der Waals surface area contributed by atoms with Gasteiger partial charge >= 0.3 is 0 Å². The van der Waals surface area contributed by atoms with Crippen LogP contribution in [0.4, 0.5) is 51.2 Å². The van der Waals surface area contributed by atoms with E-state index >= 15 is 0 Å².